The number of aliphatic hydroxyl groups is 1. The summed E-state index contributed by atoms with van der Waals surface area (Å²) in [6.07, 6.45) is 1.89. The zero-order chi connectivity index (χ0) is 8.55. The summed E-state index contributed by atoms with van der Waals surface area (Å²) in [4.78, 5) is 2.32. The molecule has 2 rings (SSSR count). The first-order valence-corrected chi connectivity index (χ1v) is 4.53. The highest BCUT2D eigenvalue weighted by Crippen LogP contribution is 2.25. The predicted octanol–water partition coefficient (Wildman–Crippen LogP) is 0.705. The van der Waals surface area contributed by atoms with Crippen molar-refractivity contribution < 1.29 is 9.84 Å². The lowest BCUT2D eigenvalue weighted by atomic mass is 10.2. The summed E-state index contributed by atoms with van der Waals surface area (Å²) in [6, 6.07) is 0. The molecule has 0 saturated carbocycles. The lowest BCUT2D eigenvalue weighted by Crippen LogP contribution is -2.20. The topological polar surface area (TPSA) is 32.7 Å². The molecule has 0 aromatic heterocycles. The lowest BCUT2D eigenvalue weighted by molar-refractivity contribution is -0.0473. The maximum absolute atomic E-state index is 9.32. The first kappa shape index (κ1) is 8.08. The van der Waals surface area contributed by atoms with Crippen molar-refractivity contribution in [3.63, 3.8) is 0 Å². The molecule has 1 fully saturated rings. The third-order valence-electron chi connectivity index (χ3n) is 2.69. The van der Waals surface area contributed by atoms with Gasteiger partial charge in [-0.05, 0) is 19.8 Å². The SMILES string of the molecule is CC1=C(N2CCCC2)COC1O. The summed E-state index contributed by atoms with van der Waals surface area (Å²) in [7, 11) is 0. The van der Waals surface area contributed by atoms with E-state index in [-0.39, 0.29) is 0 Å². The highest BCUT2D eigenvalue weighted by molar-refractivity contribution is 5.18. The van der Waals surface area contributed by atoms with Gasteiger partial charge in [0, 0.05) is 24.4 Å². The molecule has 2 aliphatic heterocycles. The Bertz CT molecular complexity index is 207. The molecule has 0 bridgehead atoms. The highest BCUT2D eigenvalue weighted by Gasteiger charge is 2.26. The van der Waals surface area contributed by atoms with Crippen molar-refractivity contribution >= 4 is 0 Å². The van der Waals surface area contributed by atoms with E-state index in [9.17, 15) is 5.11 Å². The van der Waals surface area contributed by atoms with Crippen molar-refractivity contribution in [2.75, 3.05) is 19.7 Å². The van der Waals surface area contributed by atoms with E-state index in [4.69, 9.17) is 4.74 Å². The fraction of sp³-hybridized carbons (Fsp3) is 0.778. The van der Waals surface area contributed by atoms with Gasteiger partial charge < -0.3 is 14.7 Å². The molecule has 3 nitrogen and oxygen atoms in total. The monoisotopic (exact) mass is 169 g/mol. The number of rotatable bonds is 1. The fourth-order valence-corrected chi connectivity index (χ4v) is 1.87. The van der Waals surface area contributed by atoms with Gasteiger partial charge in [-0.1, -0.05) is 0 Å². The molecule has 0 aromatic rings. The Kier molecular flexibility index (Phi) is 2.07. The maximum atomic E-state index is 9.32. The van der Waals surface area contributed by atoms with Crippen molar-refractivity contribution in [1.29, 1.82) is 0 Å². The van der Waals surface area contributed by atoms with Crippen LogP contribution in [0.2, 0.25) is 0 Å². The van der Waals surface area contributed by atoms with E-state index in [1.807, 2.05) is 6.92 Å². The molecule has 0 aromatic carbocycles. The second kappa shape index (κ2) is 3.07. The minimum absolute atomic E-state index is 0.590. The Morgan fingerprint density at radius 2 is 2.08 bits per heavy atom. The van der Waals surface area contributed by atoms with Gasteiger partial charge >= 0.3 is 0 Å². The van der Waals surface area contributed by atoms with E-state index in [1.165, 1.54) is 18.5 Å². The lowest BCUT2D eigenvalue weighted by Gasteiger charge is -2.18. The summed E-state index contributed by atoms with van der Waals surface area (Å²) in [5.41, 5.74) is 2.21. The third-order valence-corrected chi connectivity index (χ3v) is 2.69. The standard InChI is InChI=1S/C9H15NO2/c1-7-8(6-12-9(7)11)10-4-2-3-5-10/h9,11H,2-6H2,1H3. The normalized spacial score (nSPS) is 30.5. The van der Waals surface area contributed by atoms with Gasteiger partial charge in [-0.15, -0.1) is 0 Å². The molecular weight excluding hydrogens is 154 g/mol. The van der Waals surface area contributed by atoms with Crippen LogP contribution in [0.4, 0.5) is 0 Å². The molecular formula is C9H15NO2. The maximum Gasteiger partial charge on any atom is 0.179 e. The Balaban J connectivity index is 2.11. The van der Waals surface area contributed by atoms with Gasteiger partial charge in [0.15, 0.2) is 6.29 Å². The van der Waals surface area contributed by atoms with Gasteiger partial charge in [0.2, 0.25) is 0 Å². The molecule has 0 aliphatic carbocycles. The number of hydrogen-bond acceptors (Lipinski definition) is 3. The molecule has 2 aliphatic rings. The van der Waals surface area contributed by atoms with Crippen LogP contribution in [0.3, 0.4) is 0 Å². The number of aliphatic hydroxyl groups excluding tert-OH is 1. The van der Waals surface area contributed by atoms with Gasteiger partial charge in [-0.3, -0.25) is 0 Å². The van der Waals surface area contributed by atoms with Crippen molar-refractivity contribution in [2.45, 2.75) is 26.1 Å². The second-order valence-corrected chi connectivity index (χ2v) is 3.49. The summed E-state index contributed by atoms with van der Waals surface area (Å²) >= 11 is 0. The van der Waals surface area contributed by atoms with Crippen molar-refractivity contribution in [3.05, 3.63) is 11.3 Å². The average molecular weight is 169 g/mol. The third kappa shape index (κ3) is 1.23. The van der Waals surface area contributed by atoms with Crippen LogP contribution in [-0.2, 0) is 4.74 Å². The van der Waals surface area contributed by atoms with E-state index < -0.39 is 6.29 Å². The van der Waals surface area contributed by atoms with E-state index >= 15 is 0 Å². The smallest absolute Gasteiger partial charge is 0.179 e. The highest BCUT2D eigenvalue weighted by atomic mass is 16.6. The number of likely N-dealkylation sites (tertiary alicyclic amines) is 1. The van der Waals surface area contributed by atoms with Gasteiger partial charge in [0.1, 0.15) is 0 Å². The van der Waals surface area contributed by atoms with Crippen LogP contribution in [-0.4, -0.2) is 36.0 Å². The molecule has 2 heterocycles. The predicted molar refractivity (Wildman–Crippen MR) is 45.5 cm³/mol. The van der Waals surface area contributed by atoms with Gasteiger partial charge in [-0.2, -0.15) is 0 Å². The van der Waals surface area contributed by atoms with Gasteiger partial charge in [0.05, 0.1) is 6.61 Å². The molecule has 12 heavy (non-hydrogen) atoms. The van der Waals surface area contributed by atoms with E-state index in [1.54, 1.807) is 0 Å². The molecule has 0 spiro atoms. The minimum atomic E-state index is -0.652. The van der Waals surface area contributed by atoms with E-state index in [2.05, 4.69) is 4.90 Å². The van der Waals surface area contributed by atoms with Crippen LogP contribution in [0.1, 0.15) is 19.8 Å². The molecule has 1 unspecified atom stereocenters. The van der Waals surface area contributed by atoms with Crippen LogP contribution < -0.4 is 0 Å². The first-order chi connectivity index (χ1) is 5.79. The van der Waals surface area contributed by atoms with Crippen LogP contribution in [0.5, 0.6) is 0 Å². The van der Waals surface area contributed by atoms with Crippen LogP contribution in [0, 0.1) is 0 Å². The Morgan fingerprint density at radius 1 is 1.42 bits per heavy atom. The summed E-state index contributed by atoms with van der Waals surface area (Å²) in [5, 5.41) is 9.32. The molecule has 1 atom stereocenters. The summed E-state index contributed by atoms with van der Waals surface area (Å²) < 4.78 is 5.13. The molecule has 68 valence electrons. The molecule has 0 radical (unpaired) electrons. The second-order valence-electron chi connectivity index (χ2n) is 3.49. The molecule has 1 N–H and O–H groups in total. The summed E-state index contributed by atoms with van der Waals surface area (Å²) in [5.74, 6) is 0. The zero-order valence-electron chi connectivity index (χ0n) is 7.42. The molecule has 0 amide bonds. The zero-order valence-corrected chi connectivity index (χ0v) is 7.42. The first-order valence-electron chi connectivity index (χ1n) is 4.53. The van der Waals surface area contributed by atoms with E-state index in [0.717, 1.165) is 18.7 Å². The molecule has 1 saturated heterocycles. The number of nitrogens with zero attached hydrogens (tertiary/aromatic N) is 1. The van der Waals surface area contributed by atoms with Crippen LogP contribution >= 0.6 is 0 Å². The fourth-order valence-electron chi connectivity index (χ4n) is 1.87. The van der Waals surface area contributed by atoms with Crippen LogP contribution in [0.25, 0.3) is 0 Å². The van der Waals surface area contributed by atoms with Gasteiger partial charge in [0.25, 0.3) is 0 Å². The Hall–Kier alpha value is -0.540. The van der Waals surface area contributed by atoms with Crippen molar-refractivity contribution in [2.24, 2.45) is 0 Å². The van der Waals surface area contributed by atoms with Crippen LogP contribution in [0.15, 0.2) is 11.3 Å². The Labute approximate surface area is 72.6 Å². The largest absolute Gasteiger partial charge is 0.373 e. The van der Waals surface area contributed by atoms with Gasteiger partial charge in [-0.25, -0.2) is 0 Å². The van der Waals surface area contributed by atoms with E-state index in [0.29, 0.717) is 6.61 Å². The summed E-state index contributed by atoms with van der Waals surface area (Å²) in [6.45, 7) is 4.80. The molecule has 3 heteroatoms. The van der Waals surface area contributed by atoms with Crippen molar-refractivity contribution in [3.8, 4) is 0 Å². The number of hydrogen-bond donors (Lipinski definition) is 1. The van der Waals surface area contributed by atoms with Crippen molar-refractivity contribution in [1.82, 2.24) is 4.90 Å². The Morgan fingerprint density at radius 3 is 2.58 bits per heavy atom. The quantitative estimate of drug-likeness (QED) is 0.627. The number of ether oxygens (including phenoxy) is 1. The minimum Gasteiger partial charge on any atom is -0.373 e. The average Bonchev–Trinajstić information content (AvgIpc) is 2.64.